The van der Waals surface area contributed by atoms with E-state index in [1.54, 1.807) is 6.07 Å². The maximum Gasteiger partial charge on any atom is 0.312 e. The van der Waals surface area contributed by atoms with E-state index in [0.717, 1.165) is 16.9 Å². The summed E-state index contributed by atoms with van der Waals surface area (Å²) < 4.78 is 0. The average Bonchev–Trinajstić information content (AvgIpc) is 2.72. The van der Waals surface area contributed by atoms with Crippen LogP contribution in [0.1, 0.15) is 38.1 Å². The number of carbonyl (C=O) groups is 1. The molecule has 102 valence electrons. The van der Waals surface area contributed by atoms with E-state index in [4.69, 9.17) is 10.8 Å². The molecule has 1 atom stereocenters. The van der Waals surface area contributed by atoms with E-state index < -0.39 is 11.9 Å². The summed E-state index contributed by atoms with van der Waals surface area (Å²) in [5.41, 5.74) is 7.84. The number of H-pyrrole nitrogens is 1. The molecule has 0 aliphatic carbocycles. The molecule has 1 aromatic carbocycles. The normalized spacial score (nSPS) is 13.7. The lowest BCUT2D eigenvalue weighted by Gasteiger charge is -2.13. The van der Waals surface area contributed by atoms with Crippen molar-refractivity contribution in [2.75, 3.05) is 6.54 Å². The number of carboxylic acid groups (broad SMARTS) is 1. The van der Waals surface area contributed by atoms with E-state index >= 15 is 0 Å². The highest BCUT2D eigenvalue weighted by atomic mass is 16.4. The standard InChI is InChI=1S/C14H19N3O2/c1-14(2,3)13-16-10-5-4-8(6-11(10)17-13)9(7-15)12(18)19/h4-6,9H,7,15H2,1-3H3,(H,16,17)(H,18,19). The van der Waals surface area contributed by atoms with Gasteiger partial charge in [0.05, 0.1) is 17.0 Å². The van der Waals surface area contributed by atoms with E-state index in [0.29, 0.717) is 5.56 Å². The summed E-state index contributed by atoms with van der Waals surface area (Å²) in [6, 6.07) is 5.44. The zero-order chi connectivity index (χ0) is 14.2. The van der Waals surface area contributed by atoms with Gasteiger partial charge in [-0.1, -0.05) is 26.8 Å². The van der Waals surface area contributed by atoms with Crippen molar-refractivity contribution in [2.45, 2.75) is 32.1 Å². The molecule has 1 aromatic heterocycles. The Kier molecular flexibility index (Phi) is 3.32. The molecule has 0 bridgehead atoms. The predicted octanol–water partition coefficient (Wildman–Crippen LogP) is 1.99. The van der Waals surface area contributed by atoms with Crippen molar-refractivity contribution in [2.24, 2.45) is 5.73 Å². The molecular weight excluding hydrogens is 242 g/mol. The second kappa shape index (κ2) is 4.66. The lowest BCUT2D eigenvalue weighted by atomic mass is 9.96. The SMILES string of the molecule is CC(C)(C)c1nc2ccc(C(CN)C(=O)O)cc2[nH]1. The molecule has 1 unspecified atom stereocenters. The lowest BCUT2D eigenvalue weighted by Crippen LogP contribution is -2.20. The van der Waals surface area contributed by atoms with Crippen molar-refractivity contribution in [3.05, 3.63) is 29.6 Å². The Morgan fingerprint density at radius 3 is 2.68 bits per heavy atom. The third kappa shape index (κ3) is 2.61. The monoisotopic (exact) mass is 261 g/mol. The molecule has 0 amide bonds. The molecule has 0 fully saturated rings. The predicted molar refractivity (Wildman–Crippen MR) is 74.2 cm³/mol. The number of nitrogens with two attached hydrogens (primary N) is 1. The van der Waals surface area contributed by atoms with Crippen LogP contribution >= 0.6 is 0 Å². The van der Waals surface area contributed by atoms with Crippen molar-refractivity contribution in [1.82, 2.24) is 9.97 Å². The minimum atomic E-state index is -0.905. The zero-order valence-electron chi connectivity index (χ0n) is 11.4. The lowest BCUT2D eigenvalue weighted by molar-refractivity contribution is -0.138. The maximum absolute atomic E-state index is 11.1. The number of hydrogen-bond acceptors (Lipinski definition) is 3. The van der Waals surface area contributed by atoms with Gasteiger partial charge in [0.1, 0.15) is 5.82 Å². The van der Waals surface area contributed by atoms with Crippen LogP contribution in [0.5, 0.6) is 0 Å². The van der Waals surface area contributed by atoms with Crippen LogP contribution in [0.2, 0.25) is 0 Å². The average molecular weight is 261 g/mol. The Morgan fingerprint density at radius 1 is 1.47 bits per heavy atom. The topological polar surface area (TPSA) is 92.0 Å². The molecule has 19 heavy (non-hydrogen) atoms. The fourth-order valence-corrected chi connectivity index (χ4v) is 1.98. The van der Waals surface area contributed by atoms with E-state index in [-0.39, 0.29) is 12.0 Å². The molecule has 4 N–H and O–H groups in total. The minimum Gasteiger partial charge on any atom is -0.481 e. The summed E-state index contributed by atoms with van der Waals surface area (Å²) in [7, 11) is 0. The number of carboxylic acids is 1. The summed E-state index contributed by atoms with van der Waals surface area (Å²) in [6.07, 6.45) is 0. The highest BCUT2D eigenvalue weighted by molar-refractivity contribution is 5.81. The van der Waals surface area contributed by atoms with Gasteiger partial charge in [-0.15, -0.1) is 0 Å². The number of imidazole rings is 1. The third-order valence-electron chi connectivity index (χ3n) is 3.15. The summed E-state index contributed by atoms with van der Waals surface area (Å²) >= 11 is 0. The van der Waals surface area contributed by atoms with Gasteiger partial charge in [-0.3, -0.25) is 4.79 Å². The minimum absolute atomic E-state index is 0.0702. The number of fused-ring (bicyclic) bond motifs is 1. The van der Waals surface area contributed by atoms with Gasteiger partial charge >= 0.3 is 5.97 Å². The first-order valence-corrected chi connectivity index (χ1v) is 6.26. The van der Waals surface area contributed by atoms with Gasteiger partial charge in [0.2, 0.25) is 0 Å². The molecule has 5 nitrogen and oxygen atoms in total. The fourth-order valence-electron chi connectivity index (χ4n) is 1.98. The molecular formula is C14H19N3O2. The van der Waals surface area contributed by atoms with Gasteiger partial charge in [0.15, 0.2) is 0 Å². The maximum atomic E-state index is 11.1. The number of benzene rings is 1. The van der Waals surface area contributed by atoms with Gasteiger partial charge in [-0.2, -0.15) is 0 Å². The smallest absolute Gasteiger partial charge is 0.312 e. The van der Waals surface area contributed by atoms with Crippen LogP contribution in [0.15, 0.2) is 18.2 Å². The number of hydrogen-bond donors (Lipinski definition) is 3. The molecule has 0 aliphatic heterocycles. The van der Waals surface area contributed by atoms with Crippen molar-refractivity contribution in [1.29, 1.82) is 0 Å². The molecule has 2 rings (SSSR count). The Hall–Kier alpha value is -1.88. The van der Waals surface area contributed by atoms with Gasteiger partial charge in [-0.25, -0.2) is 4.98 Å². The highest BCUT2D eigenvalue weighted by Crippen LogP contribution is 2.25. The van der Waals surface area contributed by atoms with Crippen LogP contribution in [0, 0.1) is 0 Å². The van der Waals surface area contributed by atoms with Crippen LogP contribution in [-0.4, -0.2) is 27.6 Å². The number of aliphatic carboxylic acids is 1. The summed E-state index contributed by atoms with van der Waals surface area (Å²) in [5.74, 6) is -0.692. The molecule has 0 radical (unpaired) electrons. The molecule has 1 heterocycles. The van der Waals surface area contributed by atoms with Crippen molar-refractivity contribution in [3.63, 3.8) is 0 Å². The van der Waals surface area contributed by atoms with E-state index in [2.05, 4.69) is 30.7 Å². The number of rotatable bonds is 3. The highest BCUT2D eigenvalue weighted by Gasteiger charge is 2.21. The van der Waals surface area contributed by atoms with Crippen LogP contribution in [0.3, 0.4) is 0 Å². The Morgan fingerprint density at radius 2 is 2.16 bits per heavy atom. The first-order chi connectivity index (χ1) is 8.82. The second-order valence-electron chi connectivity index (χ2n) is 5.74. The van der Waals surface area contributed by atoms with E-state index in [1.807, 2.05) is 12.1 Å². The van der Waals surface area contributed by atoms with Gasteiger partial charge in [0, 0.05) is 12.0 Å². The summed E-state index contributed by atoms with van der Waals surface area (Å²) in [4.78, 5) is 18.9. The zero-order valence-corrected chi connectivity index (χ0v) is 11.4. The number of aromatic amines is 1. The molecule has 0 aliphatic rings. The quantitative estimate of drug-likeness (QED) is 0.787. The second-order valence-corrected chi connectivity index (χ2v) is 5.74. The largest absolute Gasteiger partial charge is 0.481 e. The molecule has 5 heteroatoms. The number of nitrogens with zero attached hydrogens (tertiary/aromatic N) is 1. The molecule has 0 saturated carbocycles. The van der Waals surface area contributed by atoms with Crippen LogP contribution in [-0.2, 0) is 10.2 Å². The molecule has 2 aromatic rings. The molecule has 0 saturated heterocycles. The first kappa shape index (κ1) is 13.5. The molecule has 0 spiro atoms. The number of aromatic nitrogens is 2. The van der Waals surface area contributed by atoms with Crippen LogP contribution in [0.4, 0.5) is 0 Å². The van der Waals surface area contributed by atoms with Crippen LogP contribution < -0.4 is 5.73 Å². The van der Waals surface area contributed by atoms with Crippen molar-refractivity contribution >= 4 is 17.0 Å². The van der Waals surface area contributed by atoms with Gasteiger partial charge in [0.25, 0.3) is 0 Å². The summed E-state index contributed by atoms with van der Waals surface area (Å²) in [6.45, 7) is 6.31. The van der Waals surface area contributed by atoms with Crippen molar-refractivity contribution < 1.29 is 9.90 Å². The Bertz CT molecular complexity index is 611. The Labute approximate surface area is 111 Å². The van der Waals surface area contributed by atoms with E-state index in [9.17, 15) is 4.79 Å². The number of nitrogens with one attached hydrogen (secondary N) is 1. The fraction of sp³-hybridized carbons (Fsp3) is 0.429. The van der Waals surface area contributed by atoms with E-state index in [1.165, 1.54) is 0 Å². The third-order valence-corrected chi connectivity index (χ3v) is 3.15. The first-order valence-electron chi connectivity index (χ1n) is 6.26. The Balaban J connectivity index is 2.49. The van der Waals surface area contributed by atoms with Crippen molar-refractivity contribution in [3.8, 4) is 0 Å². The van der Waals surface area contributed by atoms with Crippen LogP contribution in [0.25, 0.3) is 11.0 Å². The van der Waals surface area contributed by atoms with Gasteiger partial charge < -0.3 is 15.8 Å². The van der Waals surface area contributed by atoms with Gasteiger partial charge in [-0.05, 0) is 17.7 Å². The summed E-state index contributed by atoms with van der Waals surface area (Å²) in [5, 5.41) is 9.13.